The highest BCUT2D eigenvalue weighted by Crippen LogP contribution is 2.28. The van der Waals surface area contributed by atoms with Crippen LogP contribution in [0, 0.1) is 6.92 Å². The number of halogens is 1. The fourth-order valence-corrected chi connectivity index (χ4v) is 2.33. The van der Waals surface area contributed by atoms with Crippen molar-refractivity contribution in [3.05, 3.63) is 78.4 Å². The van der Waals surface area contributed by atoms with Crippen LogP contribution in [0.15, 0.2) is 72.8 Å². The summed E-state index contributed by atoms with van der Waals surface area (Å²) in [5.41, 5.74) is 12.8. The Balaban J connectivity index is 0.00000161. The average Bonchev–Trinajstić information content (AvgIpc) is 2.51. The van der Waals surface area contributed by atoms with E-state index in [0.29, 0.717) is 0 Å². The Bertz CT molecular complexity index is 736. The Kier molecular flexibility index (Phi) is 4.66. The lowest BCUT2D eigenvalue weighted by Gasteiger charge is -2.08. The summed E-state index contributed by atoms with van der Waals surface area (Å²) in [5.74, 6) is 0. The van der Waals surface area contributed by atoms with E-state index in [2.05, 4.69) is 60.7 Å². The van der Waals surface area contributed by atoms with Crippen LogP contribution < -0.4 is 5.73 Å². The standard InChI is InChI=1S/C19H17N.ClH/c1-14-10-11-18(13-19(14)20)17-9-5-8-16(12-17)15-6-3-2-4-7-15;/h2-13H,20H2,1H3;1H. The third-order valence-electron chi connectivity index (χ3n) is 3.58. The zero-order valence-corrected chi connectivity index (χ0v) is 12.7. The first-order valence-corrected chi connectivity index (χ1v) is 6.76. The van der Waals surface area contributed by atoms with Crippen molar-refractivity contribution in [1.82, 2.24) is 0 Å². The second kappa shape index (κ2) is 6.47. The van der Waals surface area contributed by atoms with E-state index in [9.17, 15) is 0 Å². The molecule has 0 spiro atoms. The first-order chi connectivity index (χ1) is 9.74. The van der Waals surface area contributed by atoms with Crippen molar-refractivity contribution < 1.29 is 0 Å². The van der Waals surface area contributed by atoms with Crippen LogP contribution in [-0.4, -0.2) is 0 Å². The van der Waals surface area contributed by atoms with E-state index in [1.165, 1.54) is 16.7 Å². The maximum atomic E-state index is 6.01. The number of hydrogen-bond donors (Lipinski definition) is 1. The minimum absolute atomic E-state index is 0. The number of nitrogens with two attached hydrogens (primary N) is 1. The predicted molar refractivity (Wildman–Crippen MR) is 93.7 cm³/mol. The van der Waals surface area contributed by atoms with Gasteiger partial charge in [-0.2, -0.15) is 0 Å². The molecule has 0 radical (unpaired) electrons. The Morgan fingerprint density at radius 1 is 0.619 bits per heavy atom. The molecular weight excluding hydrogens is 278 g/mol. The van der Waals surface area contributed by atoms with Gasteiger partial charge in [0.2, 0.25) is 0 Å². The summed E-state index contributed by atoms with van der Waals surface area (Å²) in [6, 6.07) is 25.2. The molecule has 3 aromatic rings. The summed E-state index contributed by atoms with van der Waals surface area (Å²) in [4.78, 5) is 0. The molecule has 2 heteroatoms. The zero-order chi connectivity index (χ0) is 13.9. The molecule has 0 saturated heterocycles. The van der Waals surface area contributed by atoms with E-state index in [0.717, 1.165) is 16.8 Å². The van der Waals surface area contributed by atoms with Gasteiger partial charge in [-0.05, 0) is 46.9 Å². The van der Waals surface area contributed by atoms with Crippen molar-refractivity contribution in [2.24, 2.45) is 0 Å². The molecule has 1 nitrogen and oxygen atoms in total. The fraction of sp³-hybridized carbons (Fsp3) is 0.0526. The average molecular weight is 296 g/mol. The van der Waals surface area contributed by atoms with Gasteiger partial charge < -0.3 is 5.73 Å². The summed E-state index contributed by atoms with van der Waals surface area (Å²) in [6.45, 7) is 2.03. The van der Waals surface area contributed by atoms with E-state index in [4.69, 9.17) is 5.73 Å². The van der Waals surface area contributed by atoms with Crippen LogP contribution in [0.5, 0.6) is 0 Å². The molecule has 21 heavy (non-hydrogen) atoms. The van der Waals surface area contributed by atoms with Crippen LogP contribution in [0.2, 0.25) is 0 Å². The minimum atomic E-state index is 0. The first kappa shape index (κ1) is 15.1. The molecule has 3 aromatic carbocycles. The second-order valence-electron chi connectivity index (χ2n) is 5.02. The highest BCUT2D eigenvalue weighted by molar-refractivity contribution is 5.85. The maximum Gasteiger partial charge on any atom is 0.0349 e. The van der Waals surface area contributed by atoms with Crippen molar-refractivity contribution in [3.63, 3.8) is 0 Å². The molecule has 2 N–H and O–H groups in total. The van der Waals surface area contributed by atoms with Crippen molar-refractivity contribution >= 4 is 18.1 Å². The van der Waals surface area contributed by atoms with Gasteiger partial charge in [0.15, 0.2) is 0 Å². The Labute approximate surface area is 131 Å². The summed E-state index contributed by atoms with van der Waals surface area (Å²) in [6.07, 6.45) is 0. The topological polar surface area (TPSA) is 26.0 Å². The third kappa shape index (κ3) is 3.26. The van der Waals surface area contributed by atoms with Crippen molar-refractivity contribution in [1.29, 1.82) is 0 Å². The van der Waals surface area contributed by atoms with Crippen LogP contribution >= 0.6 is 12.4 Å². The number of aryl methyl sites for hydroxylation is 1. The quantitative estimate of drug-likeness (QED) is 0.635. The summed E-state index contributed by atoms with van der Waals surface area (Å²) in [7, 11) is 0. The lowest BCUT2D eigenvalue weighted by atomic mass is 9.98. The predicted octanol–water partition coefficient (Wildman–Crippen LogP) is 5.33. The number of rotatable bonds is 2. The summed E-state index contributed by atoms with van der Waals surface area (Å²) in [5, 5.41) is 0. The highest BCUT2D eigenvalue weighted by atomic mass is 35.5. The number of anilines is 1. The van der Waals surface area contributed by atoms with E-state index in [-0.39, 0.29) is 12.4 Å². The van der Waals surface area contributed by atoms with Gasteiger partial charge in [-0.3, -0.25) is 0 Å². The molecule has 0 aliphatic heterocycles. The zero-order valence-electron chi connectivity index (χ0n) is 11.9. The molecule has 0 heterocycles. The molecule has 0 atom stereocenters. The maximum absolute atomic E-state index is 6.01. The molecule has 0 unspecified atom stereocenters. The molecular formula is C19H18ClN. The van der Waals surface area contributed by atoms with Gasteiger partial charge in [0.25, 0.3) is 0 Å². The van der Waals surface area contributed by atoms with Gasteiger partial charge >= 0.3 is 0 Å². The van der Waals surface area contributed by atoms with E-state index in [1.54, 1.807) is 0 Å². The van der Waals surface area contributed by atoms with Crippen LogP contribution in [0.4, 0.5) is 5.69 Å². The molecule has 0 aliphatic rings. The summed E-state index contributed by atoms with van der Waals surface area (Å²) >= 11 is 0. The molecule has 0 aromatic heterocycles. The minimum Gasteiger partial charge on any atom is -0.398 e. The van der Waals surface area contributed by atoms with Gasteiger partial charge in [-0.1, -0.05) is 60.7 Å². The molecule has 0 aliphatic carbocycles. The first-order valence-electron chi connectivity index (χ1n) is 6.76. The number of hydrogen-bond acceptors (Lipinski definition) is 1. The molecule has 106 valence electrons. The molecule has 0 fully saturated rings. The number of benzene rings is 3. The van der Waals surface area contributed by atoms with Crippen LogP contribution in [-0.2, 0) is 0 Å². The molecule has 0 saturated carbocycles. The molecule has 0 bridgehead atoms. The van der Waals surface area contributed by atoms with Gasteiger partial charge in [-0.25, -0.2) is 0 Å². The Morgan fingerprint density at radius 2 is 1.19 bits per heavy atom. The Hall–Kier alpha value is -2.25. The normalized spacial score (nSPS) is 9.95. The summed E-state index contributed by atoms with van der Waals surface area (Å²) < 4.78 is 0. The SMILES string of the molecule is Cc1ccc(-c2cccc(-c3ccccc3)c2)cc1N.Cl. The highest BCUT2D eigenvalue weighted by Gasteiger charge is 2.03. The second-order valence-corrected chi connectivity index (χ2v) is 5.02. The van der Waals surface area contributed by atoms with E-state index < -0.39 is 0 Å². The van der Waals surface area contributed by atoms with Gasteiger partial charge in [-0.15, -0.1) is 12.4 Å². The Morgan fingerprint density at radius 3 is 1.86 bits per heavy atom. The van der Waals surface area contributed by atoms with Crippen molar-refractivity contribution in [2.75, 3.05) is 5.73 Å². The third-order valence-corrected chi connectivity index (χ3v) is 3.58. The van der Waals surface area contributed by atoms with Gasteiger partial charge in [0.05, 0.1) is 0 Å². The van der Waals surface area contributed by atoms with Crippen molar-refractivity contribution in [2.45, 2.75) is 6.92 Å². The van der Waals surface area contributed by atoms with Crippen molar-refractivity contribution in [3.8, 4) is 22.3 Å². The fourth-order valence-electron chi connectivity index (χ4n) is 2.33. The smallest absolute Gasteiger partial charge is 0.0349 e. The largest absolute Gasteiger partial charge is 0.398 e. The molecule has 0 amide bonds. The van der Waals surface area contributed by atoms with E-state index in [1.807, 2.05) is 19.1 Å². The number of nitrogen functional groups attached to an aromatic ring is 1. The van der Waals surface area contributed by atoms with Gasteiger partial charge in [0, 0.05) is 5.69 Å². The lowest BCUT2D eigenvalue weighted by Crippen LogP contribution is -1.90. The van der Waals surface area contributed by atoms with Gasteiger partial charge in [0.1, 0.15) is 0 Å². The van der Waals surface area contributed by atoms with Crippen LogP contribution in [0.25, 0.3) is 22.3 Å². The molecule has 3 rings (SSSR count). The van der Waals surface area contributed by atoms with Crippen LogP contribution in [0.3, 0.4) is 0 Å². The monoisotopic (exact) mass is 295 g/mol. The lowest BCUT2D eigenvalue weighted by molar-refractivity contribution is 1.47. The van der Waals surface area contributed by atoms with Crippen LogP contribution in [0.1, 0.15) is 5.56 Å². The van der Waals surface area contributed by atoms with E-state index >= 15 is 0 Å².